The number of hydrogen-bond acceptors (Lipinski definition) is 10. The number of nitrogens with one attached hydrogen (secondary N) is 4. The number of ether oxygens (including phenoxy) is 5. The molecule has 17 rings (SSSR count). The molecule has 1 fully saturated rings. The average molecular weight is 1710 g/mol. The van der Waals surface area contributed by atoms with Crippen molar-refractivity contribution in [3.63, 3.8) is 0 Å². The summed E-state index contributed by atoms with van der Waals surface area (Å²) in [5.41, 5.74) is 31.3. The lowest BCUT2D eigenvalue weighted by molar-refractivity contribution is -0.0416. The number of imidazole rings is 4. The van der Waals surface area contributed by atoms with E-state index in [9.17, 15) is 10.5 Å². The monoisotopic (exact) mass is 1710 g/mol. The molecule has 18 nitrogen and oxygen atoms in total. The zero-order valence-electron chi connectivity index (χ0n) is 76.5. The Labute approximate surface area is 753 Å². The molecule has 0 saturated heterocycles. The molecular weight excluding hydrogens is 1590 g/mol. The molecule has 0 amide bonds. The van der Waals surface area contributed by atoms with Crippen LogP contribution in [0.15, 0.2) is 285 Å². The first-order valence-electron chi connectivity index (χ1n) is 44.8. The van der Waals surface area contributed by atoms with E-state index in [1.165, 1.54) is 102 Å². The molecule has 5 N–H and O–H groups in total. The third-order valence-corrected chi connectivity index (χ3v) is 24.6. The van der Waals surface area contributed by atoms with Crippen molar-refractivity contribution >= 4 is 44.1 Å². The Morgan fingerprint density at radius 2 is 0.586 bits per heavy atom. The maximum absolute atomic E-state index is 10.2. The molecular formula is C110H126N12O6. The van der Waals surface area contributed by atoms with Gasteiger partial charge in [-0.3, -0.25) is 21.6 Å². The molecule has 1 saturated carbocycles. The third-order valence-electron chi connectivity index (χ3n) is 24.6. The largest absolute Gasteiger partial charge is 0.394 e. The van der Waals surface area contributed by atoms with Crippen molar-refractivity contribution in [1.29, 1.82) is 21.6 Å². The van der Waals surface area contributed by atoms with Gasteiger partial charge in [-0.05, 0) is 200 Å². The van der Waals surface area contributed by atoms with Crippen LogP contribution in [0, 0.1) is 89.9 Å². The number of aliphatic hydroxyl groups is 1. The van der Waals surface area contributed by atoms with Gasteiger partial charge in [0.2, 0.25) is 22.5 Å². The van der Waals surface area contributed by atoms with E-state index in [2.05, 4.69) is 332 Å². The van der Waals surface area contributed by atoms with Gasteiger partial charge in [-0.1, -0.05) is 287 Å². The summed E-state index contributed by atoms with van der Waals surface area (Å²) in [6.45, 7) is 23.7. The van der Waals surface area contributed by atoms with Gasteiger partial charge in [-0.2, -0.15) is 0 Å². The van der Waals surface area contributed by atoms with Crippen molar-refractivity contribution in [2.75, 3.05) is 67.8 Å². The second kappa shape index (κ2) is 43.3. The summed E-state index contributed by atoms with van der Waals surface area (Å²) < 4.78 is 44.7. The van der Waals surface area contributed by atoms with E-state index in [1.54, 1.807) is 21.3 Å². The predicted octanol–water partition coefficient (Wildman–Crippen LogP) is 20.7. The van der Waals surface area contributed by atoms with Crippen LogP contribution in [-0.4, -0.2) is 109 Å². The summed E-state index contributed by atoms with van der Waals surface area (Å²) in [5.74, 6) is 0.582. The van der Waals surface area contributed by atoms with Crippen LogP contribution < -0.4 is 22.5 Å². The van der Waals surface area contributed by atoms with Gasteiger partial charge in [0, 0.05) is 21.3 Å². The van der Waals surface area contributed by atoms with E-state index in [-0.39, 0.29) is 43.6 Å². The van der Waals surface area contributed by atoms with Gasteiger partial charge in [0.05, 0.1) is 134 Å². The van der Waals surface area contributed by atoms with Gasteiger partial charge in [0.15, 0.2) is 0 Å². The van der Waals surface area contributed by atoms with Crippen LogP contribution in [0.3, 0.4) is 0 Å². The van der Waals surface area contributed by atoms with E-state index in [0.29, 0.717) is 87.5 Å². The smallest absolute Gasteiger partial charge is 0.203 e. The van der Waals surface area contributed by atoms with E-state index in [0.717, 1.165) is 69.0 Å². The molecule has 18 heteroatoms. The van der Waals surface area contributed by atoms with E-state index >= 15 is 0 Å². The number of methoxy groups -OCH3 is 3. The van der Waals surface area contributed by atoms with E-state index in [1.807, 2.05) is 51.6 Å². The highest BCUT2D eigenvalue weighted by molar-refractivity contribution is 5.79. The number of aliphatic hydroxyl groups excluding tert-OH is 1. The number of nitrogens with zero attached hydrogens (tertiary/aromatic N) is 8. The Morgan fingerprint density at radius 3 is 0.930 bits per heavy atom. The Bertz CT molecular complexity index is 6560. The third kappa shape index (κ3) is 22.5. The maximum Gasteiger partial charge on any atom is 0.203 e. The highest BCUT2D eigenvalue weighted by Gasteiger charge is 2.37. The molecule has 0 bridgehead atoms. The Morgan fingerprint density at radius 1 is 0.289 bits per heavy atom. The van der Waals surface area contributed by atoms with E-state index in [4.69, 9.17) is 39.9 Å². The molecule has 0 radical (unpaired) electrons. The quantitative estimate of drug-likeness (QED) is 0.0200. The van der Waals surface area contributed by atoms with Crippen LogP contribution in [0.5, 0.6) is 0 Å². The minimum atomic E-state index is -0.189. The summed E-state index contributed by atoms with van der Waals surface area (Å²) in [7, 11) is 5.07. The van der Waals surface area contributed by atoms with Crippen LogP contribution >= 0.6 is 0 Å². The summed E-state index contributed by atoms with van der Waals surface area (Å²) >= 11 is 0. The molecule has 16 aromatic rings. The standard InChI is InChI=1S/C29H33N3O.C28H33N3O2.C27H31N3O2.C26H29N3O/c1-20-8-12-22(13-9-20)18-25(19-33-3)31-26-6-4-5-7-27(26)32(29(31)30)28(24-16-17-24)23-14-10-21(2)11-15-23;1-21-8-12-23(13-9-21)18-25(20-33-17-16-32-3)31-27-7-5-4-6-26(27)30(28(31)29)19-24-14-10-22(2)11-15-24;1-20-8-12-22(13-9-20)16-24(18-32-19-31-3)30-26-7-5-4-6-25(26)29(27(30)28)17-23-14-10-21(2)11-15-23;1-18-8-10-21(11-9-18)15-23(17-30)29-25-7-5-4-6-24(25)28(26(29)27)16-22-13-19(2)12-20(3)14-22/h4-15,24-25,28,30H,16-19H2,1-3H3;4-15,25,29H,16-20H2,1-3H3;4-15,24,28H,16-19H2,1-3H3;4-14,23,27,30H,15-17H2,1-3H3/t25-,28?;25-;24-;/m000./s1. The first-order valence-corrected chi connectivity index (χ1v) is 44.8. The first-order chi connectivity index (χ1) is 62.1. The average Bonchev–Trinajstić information content (AvgIpc) is 1.58. The molecule has 2 unspecified atom stereocenters. The minimum absolute atomic E-state index is 0.00114. The molecule has 0 aliphatic heterocycles. The summed E-state index contributed by atoms with van der Waals surface area (Å²) in [4.78, 5) is 0. The van der Waals surface area contributed by atoms with Crippen LogP contribution in [0.1, 0.15) is 138 Å². The maximum atomic E-state index is 10.2. The fraction of sp³-hybridized carbons (Fsp3) is 0.309. The highest BCUT2D eigenvalue weighted by atomic mass is 16.7. The normalized spacial score (nSPS) is 13.2. The first kappa shape index (κ1) is 91.7. The molecule has 5 atom stereocenters. The van der Waals surface area contributed by atoms with Crippen molar-refractivity contribution in [1.82, 2.24) is 36.5 Å². The van der Waals surface area contributed by atoms with Crippen molar-refractivity contribution < 1.29 is 28.8 Å². The van der Waals surface area contributed by atoms with Gasteiger partial charge >= 0.3 is 0 Å². The molecule has 12 aromatic carbocycles. The number of para-hydroxylation sites is 8. The number of fused-ring (bicyclic) bond motifs is 4. The van der Waals surface area contributed by atoms with Crippen LogP contribution in [0.25, 0.3) is 44.1 Å². The van der Waals surface area contributed by atoms with Gasteiger partial charge in [-0.25, -0.2) is 0 Å². The zero-order chi connectivity index (χ0) is 89.9. The van der Waals surface area contributed by atoms with Gasteiger partial charge in [0.25, 0.3) is 0 Å². The fourth-order valence-electron chi connectivity index (χ4n) is 17.8. The Hall–Kier alpha value is -12.5. The highest BCUT2D eigenvalue weighted by Crippen LogP contribution is 2.44. The van der Waals surface area contributed by atoms with Gasteiger partial charge < -0.3 is 65.3 Å². The van der Waals surface area contributed by atoms with Crippen molar-refractivity contribution in [3.05, 3.63) is 402 Å². The SMILES string of the molecule is COCCOC[C@H](Cc1ccc(C)cc1)n1c(=N)n(Cc2ccc(C)cc2)c2ccccc21.COCOC[C@H](Cc1ccc(C)cc1)n1c(=N)n(Cc2ccc(C)cc2)c2ccccc21.COC[C@H](Cc1ccc(C)cc1)n1c(=N)n(C(c2ccc(C)cc2)C2CC2)c2ccccc21.Cc1ccc(CC(CO)n2c(=N)n(Cc3cc(C)cc(C)c3)c3ccccc32)cc1. The second-order valence-corrected chi connectivity index (χ2v) is 34.9. The van der Waals surface area contributed by atoms with Crippen molar-refractivity contribution in [2.45, 2.75) is 151 Å². The topological polar surface area (TPSA) is 201 Å². The molecule has 0 spiro atoms. The lowest BCUT2D eigenvalue weighted by Gasteiger charge is -2.22. The summed E-state index contributed by atoms with van der Waals surface area (Å²) in [6.07, 6.45) is 5.52. The van der Waals surface area contributed by atoms with E-state index < -0.39 is 0 Å². The van der Waals surface area contributed by atoms with Gasteiger partial charge in [0.1, 0.15) is 6.79 Å². The lowest BCUT2D eigenvalue weighted by atomic mass is 10.0. The second-order valence-electron chi connectivity index (χ2n) is 34.9. The summed E-state index contributed by atoms with van der Waals surface area (Å²) in [5, 5.41) is 46.9. The molecule has 662 valence electrons. The minimum Gasteiger partial charge on any atom is -0.394 e. The molecule has 1 aliphatic rings. The van der Waals surface area contributed by atoms with Crippen molar-refractivity contribution in [3.8, 4) is 0 Å². The number of aromatic nitrogens is 8. The van der Waals surface area contributed by atoms with Crippen LogP contribution in [-0.2, 0) is 69.0 Å². The Balaban J connectivity index is 0.000000138. The molecule has 4 aromatic heterocycles. The molecule has 4 heterocycles. The van der Waals surface area contributed by atoms with Gasteiger partial charge in [-0.15, -0.1) is 0 Å². The summed E-state index contributed by atoms with van der Waals surface area (Å²) in [6, 6.07) is 100. The number of benzene rings is 12. The number of aryl methyl sites for hydroxylation is 9. The number of hydrogen-bond donors (Lipinski definition) is 5. The Kier molecular flexibility index (Phi) is 31.0. The fourth-order valence-corrected chi connectivity index (χ4v) is 17.8. The van der Waals surface area contributed by atoms with Crippen molar-refractivity contribution in [2.24, 2.45) is 5.92 Å². The number of rotatable bonds is 33. The molecule has 1 aliphatic carbocycles. The van der Waals surface area contributed by atoms with Crippen LogP contribution in [0.4, 0.5) is 0 Å². The molecule has 128 heavy (non-hydrogen) atoms. The lowest BCUT2D eigenvalue weighted by Crippen LogP contribution is -2.33. The zero-order valence-corrected chi connectivity index (χ0v) is 76.5. The van der Waals surface area contributed by atoms with Crippen LogP contribution in [0.2, 0.25) is 0 Å². The predicted molar refractivity (Wildman–Crippen MR) is 516 cm³/mol.